The van der Waals surface area contributed by atoms with Crippen molar-refractivity contribution < 1.29 is 14.3 Å². The highest BCUT2D eigenvalue weighted by atomic mass is 16.5. The van der Waals surface area contributed by atoms with Gasteiger partial charge in [0.05, 0.1) is 18.5 Å². The lowest BCUT2D eigenvalue weighted by Gasteiger charge is -2.20. The fraction of sp³-hybridized carbons (Fsp3) is 0.350. The molecule has 5 heteroatoms. The zero-order chi connectivity index (χ0) is 18.6. The minimum atomic E-state index is -0.662. The predicted octanol–water partition coefficient (Wildman–Crippen LogP) is 4.12. The van der Waals surface area contributed by atoms with E-state index in [4.69, 9.17) is 15.2 Å². The fourth-order valence-corrected chi connectivity index (χ4v) is 2.47. The van der Waals surface area contributed by atoms with Gasteiger partial charge in [-0.2, -0.15) is 0 Å². The van der Waals surface area contributed by atoms with Gasteiger partial charge in [0.25, 0.3) is 5.91 Å². The highest BCUT2D eigenvalue weighted by molar-refractivity contribution is 5.97. The summed E-state index contributed by atoms with van der Waals surface area (Å²) in [5.41, 5.74) is 9.06. The minimum absolute atomic E-state index is 0.267. The summed E-state index contributed by atoms with van der Waals surface area (Å²) in [6.07, 6.45) is -0.662. The van der Waals surface area contributed by atoms with E-state index < -0.39 is 6.10 Å². The molecule has 1 atom stereocenters. The Hall–Kier alpha value is -2.69. The number of aryl methyl sites for hydroxylation is 1. The summed E-state index contributed by atoms with van der Waals surface area (Å²) < 4.78 is 11.1. The molecule has 1 amide bonds. The Bertz CT molecular complexity index is 757. The number of benzene rings is 2. The molecule has 0 fully saturated rings. The lowest BCUT2D eigenvalue weighted by Crippen LogP contribution is -2.30. The average molecular weight is 342 g/mol. The maximum absolute atomic E-state index is 12.5. The Morgan fingerprint density at radius 2 is 1.84 bits per heavy atom. The Labute approximate surface area is 149 Å². The van der Waals surface area contributed by atoms with Gasteiger partial charge in [0.1, 0.15) is 11.5 Å². The molecule has 0 aliphatic rings. The van der Waals surface area contributed by atoms with Gasteiger partial charge in [-0.3, -0.25) is 4.79 Å². The van der Waals surface area contributed by atoms with Crippen LogP contribution in [-0.2, 0) is 4.79 Å². The van der Waals surface area contributed by atoms with E-state index in [0.29, 0.717) is 23.0 Å². The van der Waals surface area contributed by atoms with E-state index in [1.807, 2.05) is 25.1 Å². The van der Waals surface area contributed by atoms with E-state index in [2.05, 4.69) is 19.2 Å². The van der Waals surface area contributed by atoms with Crippen molar-refractivity contribution in [3.05, 3.63) is 47.5 Å². The molecule has 0 spiro atoms. The van der Waals surface area contributed by atoms with E-state index >= 15 is 0 Å². The van der Waals surface area contributed by atoms with Crippen LogP contribution in [0.3, 0.4) is 0 Å². The molecule has 0 aliphatic heterocycles. The number of hydrogen-bond acceptors (Lipinski definition) is 4. The fourth-order valence-electron chi connectivity index (χ4n) is 2.47. The van der Waals surface area contributed by atoms with Crippen molar-refractivity contribution in [2.75, 3.05) is 18.2 Å². The van der Waals surface area contributed by atoms with Crippen molar-refractivity contribution in [2.45, 2.75) is 39.7 Å². The van der Waals surface area contributed by atoms with Crippen LogP contribution in [-0.4, -0.2) is 19.1 Å². The van der Waals surface area contributed by atoms with Crippen molar-refractivity contribution >= 4 is 17.3 Å². The largest absolute Gasteiger partial charge is 0.497 e. The van der Waals surface area contributed by atoms with Crippen LogP contribution < -0.4 is 20.5 Å². The Morgan fingerprint density at radius 3 is 2.48 bits per heavy atom. The van der Waals surface area contributed by atoms with Crippen LogP contribution in [0.4, 0.5) is 11.4 Å². The molecule has 1 unspecified atom stereocenters. The number of anilines is 2. The zero-order valence-electron chi connectivity index (χ0n) is 15.4. The van der Waals surface area contributed by atoms with E-state index in [1.165, 1.54) is 0 Å². The van der Waals surface area contributed by atoms with Gasteiger partial charge in [-0.15, -0.1) is 0 Å². The van der Waals surface area contributed by atoms with Crippen LogP contribution in [0.2, 0.25) is 0 Å². The number of hydrogen-bond donors (Lipinski definition) is 2. The summed E-state index contributed by atoms with van der Waals surface area (Å²) in [5, 5.41) is 2.80. The molecule has 2 rings (SSSR count). The van der Waals surface area contributed by atoms with Gasteiger partial charge in [0, 0.05) is 6.07 Å². The monoisotopic (exact) mass is 342 g/mol. The standard InChI is InChI=1S/C20H26N2O3/c1-12(2)16-8-6-13(3)10-19(16)25-14(4)20(23)22-18-11-15(24-5)7-9-17(18)21/h6-12,14H,21H2,1-5H3,(H,22,23). The summed E-state index contributed by atoms with van der Waals surface area (Å²) >= 11 is 0. The molecular weight excluding hydrogens is 316 g/mol. The van der Waals surface area contributed by atoms with Crippen molar-refractivity contribution in [1.29, 1.82) is 0 Å². The minimum Gasteiger partial charge on any atom is -0.497 e. The molecule has 2 aromatic rings. The first-order valence-electron chi connectivity index (χ1n) is 8.33. The Balaban J connectivity index is 2.15. The molecule has 0 saturated heterocycles. The van der Waals surface area contributed by atoms with Gasteiger partial charge in [-0.1, -0.05) is 26.0 Å². The number of carbonyl (C=O) groups is 1. The van der Waals surface area contributed by atoms with E-state index in [9.17, 15) is 4.79 Å². The maximum atomic E-state index is 12.5. The van der Waals surface area contributed by atoms with Crippen LogP contribution in [0.15, 0.2) is 36.4 Å². The number of amides is 1. The van der Waals surface area contributed by atoms with Gasteiger partial charge in [-0.05, 0) is 49.1 Å². The first kappa shape index (κ1) is 18.6. The Kier molecular flexibility index (Phi) is 5.91. The maximum Gasteiger partial charge on any atom is 0.265 e. The predicted molar refractivity (Wildman–Crippen MR) is 101 cm³/mol. The molecule has 25 heavy (non-hydrogen) atoms. The summed E-state index contributed by atoms with van der Waals surface area (Å²) in [6.45, 7) is 7.91. The second-order valence-electron chi connectivity index (χ2n) is 6.40. The summed E-state index contributed by atoms with van der Waals surface area (Å²) in [5.74, 6) is 1.39. The van der Waals surface area contributed by atoms with Crippen molar-refractivity contribution in [3.8, 4) is 11.5 Å². The molecule has 0 aliphatic carbocycles. The molecule has 134 valence electrons. The number of rotatable bonds is 6. The molecule has 2 aromatic carbocycles. The van der Waals surface area contributed by atoms with E-state index in [1.54, 1.807) is 32.2 Å². The summed E-state index contributed by atoms with van der Waals surface area (Å²) in [4.78, 5) is 12.5. The third-order valence-corrected chi connectivity index (χ3v) is 3.98. The van der Waals surface area contributed by atoms with Crippen LogP contribution in [0, 0.1) is 6.92 Å². The second-order valence-corrected chi connectivity index (χ2v) is 6.40. The van der Waals surface area contributed by atoms with E-state index in [-0.39, 0.29) is 5.91 Å². The van der Waals surface area contributed by atoms with Crippen LogP contribution in [0.25, 0.3) is 0 Å². The lowest BCUT2D eigenvalue weighted by molar-refractivity contribution is -0.122. The highest BCUT2D eigenvalue weighted by Gasteiger charge is 2.19. The van der Waals surface area contributed by atoms with Crippen LogP contribution >= 0.6 is 0 Å². The third kappa shape index (κ3) is 4.66. The van der Waals surface area contributed by atoms with Crippen molar-refractivity contribution in [1.82, 2.24) is 0 Å². The molecular formula is C20H26N2O3. The summed E-state index contributed by atoms with van der Waals surface area (Å²) in [6, 6.07) is 11.2. The van der Waals surface area contributed by atoms with Crippen LogP contribution in [0.1, 0.15) is 37.8 Å². The smallest absolute Gasteiger partial charge is 0.265 e. The van der Waals surface area contributed by atoms with Crippen molar-refractivity contribution in [3.63, 3.8) is 0 Å². The number of ether oxygens (including phenoxy) is 2. The van der Waals surface area contributed by atoms with Gasteiger partial charge < -0.3 is 20.5 Å². The third-order valence-electron chi connectivity index (χ3n) is 3.98. The first-order valence-corrected chi connectivity index (χ1v) is 8.33. The number of carbonyl (C=O) groups excluding carboxylic acids is 1. The number of nitrogen functional groups attached to an aromatic ring is 1. The molecule has 0 aromatic heterocycles. The zero-order valence-corrected chi connectivity index (χ0v) is 15.4. The van der Waals surface area contributed by atoms with Crippen LogP contribution in [0.5, 0.6) is 11.5 Å². The topological polar surface area (TPSA) is 73.6 Å². The average Bonchev–Trinajstić information content (AvgIpc) is 2.56. The quantitative estimate of drug-likeness (QED) is 0.775. The normalized spacial score (nSPS) is 11.9. The van der Waals surface area contributed by atoms with E-state index in [0.717, 1.165) is 16.9 Å². The van der Waals surface area contributed by atoms with Gasteiger partial charge >= 0.3 is 0 Å². The molecule has 5 nitrogen and oxygen atoms in total. The molecule has 0 radical (unpaired) electrons. The van der Waals surface area contributed by atoms with Gasteiger partial charge in [-0.25, -0.2) is 0 Å². The SMILES string of the molecule is COc1ccc(N)c(NC(=O)C(C)Oc2cc(C)ccc2C(C)C)c1. The number of nitrogens with one attached hydrogen (secondary N) is 1. The van der Waals surface area contributed by atoms with Gasteiger partial charge in [0.2, 0.25) is 0 Å². The first-order chi connectivity index (χ1) is 11.8. The highest BCUT2D eigenvalue weighted by Crippen LogP contribution is 2.29. The second kappa shape index (κ2) is 7.92. The molecule has 3 N–H and O–H groups in total. The van der Waals surface area contributed by atoms with Gasteiger partial charge in [0.15, 0.2) is 6.10 Å². The summed E-state index contributed by atoms with van der Waals surface area (Å²) in [7, 11) is 1.56. The van der Waals surface area contributed by atoms with Crippen molar-refractivity contribution in [2.24, 2.45) is 0 Å². The number of nitrogens with two attached hydrogens (primary N) is 1. The Morgan fingerprint density at radius 1 is 1.12 bits per heavy atom. The molecule has 0 bridgehead atoms. The molecule has 0 saturated carbocycles. The lowest BCUT2D eigenvalue weighted by atomic mass is 10.0. The number of methoxy groups -OCH3 is 1. The molecule has 0 heterocycles.